The van der Waals surface area contributed by atoms with Gasteiger partial charge in [0.2, 0.25) is 0 Å². The lowest BCUT2D eigenvalue weighted by atomic mass is 9.94. The maximum Gasteiger partial charge on any atom is 0.151 e. The summed E-state index contributed by atoms with van der Waals surface area (Å²) in [5, 5.41) is 0.722. The molecule has 1 heterocycles. The Kier molecular flexibility index (Phi) is 2.69. The van der Waals surface area contributed by atoms with Gasteiger partial charge in [0.15, 0.2) is 6.29 Å². The molecule has 0 aliphatic rings. The van der Waals surface area contributed by atoms with Gasteiger partial charge in [0.25, 0.3) is 0 Å². The number of benzene rings is 1. The van der Waals surface area contributed by atoms with Crippen LogP contribution in [-0.4, -0.2) is 11.3 Å². The van der Waals surface area contributed by atoms with Gasteiger partial charge in [-0.1, -0.05) is 13.8 Å². The molecule has 0 atom stereocenters. The maximum atomic E-state index is 13.2. The van der Waals surface area contributed by atoms with Crippen molar-refractivity contribution in [2.24, 2.45) is 0 Å². The molecule has 0 saturated heterocycles. The van der Waals surface area contributed by atoms with Crippen LogP contribution >= 0.6 is 0 Å². The molecule has 0 fully saturated rings. The summed E-state index contributed by atoms with van der Waals surface area (Å²) in [5.74, 6) is -0.147. The minimum atomic E-state index is -0.306. The highest BCUT2D eigenvalue weighted by Gasteiger charge is 2.12. The van der Waals surface area contributed by atoms with E-state index in [1.807, 2.05) is 13.8 Å². The minimum absolute atomic E-state index is 0.160. The predicted octanol–water partition coefficient (Wildman–Crippen LogP) is 3.31. The number of pyridine rings is 1. The Hall–Kier alpha value is -1.77. The van der Waals surface area contributed by atoms with E-state index in [0.717, 1.165) is 22.8 Å². The topological polar surface area (TPSA) is 30.0 Å². The van der Waals surface area contributed by atoms with Crippen LogP contribution in [0.2, 0.25) is 0 Å². The summed E-state index contributed by atoms with van der Waals surface area (Å²) in [6.45, 7) is 3.96. The molecule has 0 unspecified atom stereocenters. The smallest absolute Gasteiger partial charge is 0.151 e. The van der Waals surface area contributed by atoms with Crippen molar-refractivity contribution in [1.82, 2.24) is 4.98 Å². The molecule has 2 nitrogen and oxygen atoms in total. The number of hydrogen-bond donors (Lipinski definition) is 0. The molecule has 82 valence electrons. The lowest BCUT2D eigenvalue weighted by Crippen LogP contribution is -1.99. The first-order valence-electron chi connectivity index (χ1n) is 5.17. The zero-order valence-corrected chi connectivity index (χ0v) is 9.20. The number of rotatable bonds is 2. The van der Waals surface area contributed by atoms with Crippen molar-refractivity contribution in [3.8, 4) is 0 Å². The third kappa shape index (κ3) is 1.69. The molecular weight excluding hydrogens is 205 g/mol. The van der Waals surface area contributed by atoms with Crippen LogP contribution in [0.5, 0.6) is 0 Å². The van der Waals surface area contributed by atoms with E-state index in [4.69, 9.17) is 0 Å². The Bertz CT molecular complexity index is 549. The van der Waals surface area contributed by atoms with Crippen LogP contribution in [-0.2, 0) is 0 Å². The third-order valence-corrected chi connectivity index (χ3v) is 2.61. The van der Waals surface area contributed by atoms with E-state index in [-0.39, 0.29) is 11.7 Å². The molecule has 2 rings (SSSR count). The fraction of sp³-hybridized carbons (Fsp3) is 0.231. The Morgan fingerprint density at radius 3 is 2.75 bits per heavy atom. The Morgan fingerprint density at radius 1 is 1.38 bits per heavy atom. The average molecular weight is 217 g/mol. The second-order valence-corrected chi connectivity index (χ2v) is 4.06. The molecule has 0 saturated carbocycles. The van der Waals surface area contributed by atoms with Gasteiger partial charge < -0.3 is 0 Å². The van der Waals surface area contributed by atoms with Crippen molar-refractivity contribution in [1.29, 1.82) is 0 Å². The number of carbonyl (C=O) groups is 1. The van der Waals surface area contributed by atoms with Crippen LogP contribution < -0.4 is 0 Å². The molecule has 2 aromatic rings. The molecular formula is C13H12FNO. The molecule has 0 spiro atoms. The fourth-order valence-corrected chi connectivity index (χ4v) is 1.94. The van der Waals surface area contributed by atoms with Gasteiger partial charge in [-0.15, -0.1) is 0 Å². The zero-order valence-electron chi connectivity index (χ0n) is 9.20. The van der Waals surface area contributed by atoms with Gasteiger partial charge in [-0.2, -0.15) is 0 Å². The van der Waals surface area contributed by atoms with E-state index < -0.39 is 0 Å². The summed E-state index contributed by atoms with van der Waals surface area (Å²) in [4.78, 5) is 15.1. The third-order valence-electron chi connectivity index (χ3n) is 2.61. The number of hydrogen-bond acceptors (Lipinski definition) is 2. The van der Waals surface area contributed by atoms with Crippen molar-refractivity contribution >= 4 is 17.2 Å². The van der Waals surface area contributed by atoms with Gasteiger partial charge in [0, 0.05) is 17.1 Å². The molecule has 1 aromatic carbocycles. The van der Waals surface area contributed by atoms with Crippen LogP contribution in [0.25, 0.3) is 10.9 Å². The normalized spacial score (nSPS) is 11.0. The molecule has 1 aromatic heterocycles. The summed E-state index contributed by atoms with van der Waals surface area (Å²) in [7, 11) is 0. The highest BCUT2D eigenvalue weighted by molar-refractivity contribution is 5.90. The highest BCUT2D eigenvalue weighted by atomic mass is 19.1. The van der Waals surface area contributed by atoms with Crippen LogP contribution in [0, 0.1) is 5.82 Å². The van der Waals surface area contributed by atoms with Crippen molar-refractivity contribution in [3.05, 3.63) is 41.3 Å². The first-order valence-corrected chi connectivity index (χ1v) is 5.17. The first kappa shape index (κ1) is 10.7. The SMILES string of the molecule is CC(C)c1c(C=O)cnc2ccc(F)cc12. The fourth-order valence-electron chi connectivity index (χ4n) is 1.94. The lowest BCUT2D eigenvalue weighted by Gasteiger charge is -2.12. The van der Waals surface area contributed by atoms with Crippen LogP contribution in [0.3, 0.4) is 0 Å². The molecule has 0 radical (unpaired) electrons. The molecule has 0 aliphatic carbocycles. The Morgan fingerprint density at radius 2 is 2.12 bits per heavy atom. The predicted molar refractivity (Wildman–Crippen MR) is 61.2 cm³/mol. The van der Waals surface area contributed by atoms with E-state index >= 15 is 0 Å². The van der Waals surface area contributed by atoms with Gasteiger partial charge in [0.1, 0.15) is 5.82 Å². The largest absolute Gasteiger partial charge is 0.298 e. The number of halogens is 1. The highest BCUT2D eigenvalue weighted by Crippen LogP contribution is 2.27. The Labute approximate surface area is 93.1 Å². The molecule has 0 bridgehead atoms. The summed E-state index contributed by atoms with van der Waals surface area (Å²) >= 11 is 0. The Balaban J connectivity index is 2.86. The summed E-state index contributed by atoms with van der Waals surface area (Å²) in [6.07, 6.45) is 2.31. The molecule has 0 amide bonds. The standard InChI is InChI=1S/C13H12FNO/c1-8(2)13-9(7-16)6-15-12-4-3-10(14)5-11(12)13/h3-8H,1-2H3. The maximum absolute atomic E-state index is 13.2. The zero-order chi connectivity index (χ0) is 11.7. The van der Waals surface area contributed by atoms with E-state index in [1.54, 1.807) is 12.3 Å². The van der Waals surface area contributed by atoms with E-state index in [2.05, 4.69) is 4.98 Å². The van der Waals surface area contributed by atoms with Crippen molar-refractivity contribution < 1.29 is 9.18 Å². The van der Waals surface area contributed by atoms with Gasteiger partial charge in [-0.05, 0) is 29.7 Å². The van der Waals surface area contributed by atoms with Crippen molar-refractivity contribution in [2.75, 3.05) is 0 Å². The average Bonchev–Trinajstić information content (AvgIpc) is 2.26. The summed E-state index contributed by atoms with van der Waals surface area (Å²) in [5.41, 5.74) is 2.11. The molecule has 3 heteroatoms. The molecule has 0 aliphatic heterocycles. The van der Waals surface area contributed by atoms with Crippen molar-refractivity contribution in [2.45, 2.75) is 19.8 Å². The number of carbonyl (C=O) groups excluding carboxylic acids is 1. The molecule has 16 heavy (non-hydrogen) atoms. The van der Waals surface area contributed by atoms with Crippen LogP contribution in [0.1, 0.15) is 35.7 Å². The van der Waals surface area contributed by atoms with Gasteiger partial charge in [0.05, 0.1) is 5.52 Å². The van der Waals surface area contributed by atoms with Crippen LogP contribution in [0.15, 0.2) is 24.4 Å². The monoisotopic (exact) mass is 217 g/mol. The second-order valence-electron chi connectivity index (χ2n) is 4.06. The van der Waals surface area contributed by atoms with Gasteiger partial charge in [-0.3, -0.25) is 9.78 Å². The van der Waals surface area contributed by atoms with Crippen LogP contribution in [0.4, 0.5) is 4.39 Å². The van der Waals surface area contributed by atoms with E-state index in [9.17, 15) is 9.18 Å². The first-order chi connectivity index (χ1) is 7.63. The van der Waals surface area contributed by atoms with Crippen molar-refractivity contribution in [3.63, 3.8) is 0 Å². The minimum Gasteiger partial charge on any atom is -0.298 e. The molecule has 0 N–H and O–H groups in total. The number of nitrogens with zero attached hydrogens (tertiary/aromatic N) is 1. The van der Waals surface area contributed by atoms with E-state index in [0.29, 0.717) is 5.56 Å². The second kappa shape index (κ2) is 4.00. The quantitative estimate of drug-likeness (QED) is 0.722. The summed E-state index contributed by atoms with van der Waals surface area (Å²) in [6, 6.07) is 4.44. The number of fused-ring (bicyclic) bond motifs is 1. The number of aldehydes is 1. The van der Waals surface area contributed by atoms with Gasteiger partial charge in [-0.25, -0.2) is 4.39 Å². The lowest BCUT2D eigenvalue weighted by molar-refractivity contribution is 0.112. The summed E-state index contributed by atoms with van der Waals surface area (Å²) < 4.78 is 13.2. The number of aromatic nitrogens is 1. The van der Waals surface area contributed by atoms with E-state index in [1.165, 1.54) is 12.1 Å². The van der Waals surface area contributed by atoms with Gasteiger partial charge >= 0.3 is 0 Å².